The van der Waals surface area contributed by atoms with Gasteiger partial charge in [-0.25, -0.2) is 23.1 Å². The number of benzene rings is 1. The molecular weight excluding hydrogens is 345 g/mol. The van der Waals surface area contributed by atoms with E-state index in [4.69, 9.17) is 39.7 Å². The molecule has 2 aromatic rings. The number of halogens is 2. The lowest BCUT2D eigenvalue weighted by atomic mass is 10.3. The topological polar surface area (TPSA) is 50.3 Å². The first-order valence-corrected chi connectivity index (χ1v) is 7.39. The van der Waals surface area contributed by atoms with Crippen molar-refractivity contribution in [3.63, 3.8) is 0 Å². The molecule has 120 valence electrons. The Morgan fingerprint density at radius 3 is 2.96 bits per heavy atom. The molecule has 1 aliphatic heterocycles. The fourth-order valence-electron chi connectivity index (χ4n) is 2.29. The average molecular weight is 356 g/mol. The molecule has 0 aliphatic carbocycles. The van der Waals surface area contributed by atoms with Gasteiger partial charge < -0.3 is 9.47 Å². The summed E-state index contributed by atoms with van der Waals surface area (Å²) < 4.78 is 28.9. The van der Waals surface area contributed by atoms with Gasteiger partial charge in [-0.3, -0.25) is 0 Å². The Labute approximate surface area is 140 Å². The third-order valence-electron chi connectivity index (χ3n) is 3.33. The van der Waals surface area contributed by atoms with E-state index in [1.807, 2.05) is 0 Å². The van der Waals surface area contributed by atoms with Gasteiger partial charge in [0.25, 0.3) is 0 Å². The molecule has 1 aliphatic rings. The Morgan fingerprint density at radius 1 is 1.48 bits per heavy atom. The molecule has 2 heterocycles. The molecule has 6 nitrogen and oxygen atoms in total. The molecule has 23 heavy (non-hydrogen) atoms. The largest absolute Gasteiger partial charge is 0.479 e. The van der Waals surface area contributed by atoms with Gasteiger partial charge in [-0.1, -0.05) is 17.5 Å². The minimum Gasteiger partial charge on any atom is -0.479 e. The van der Waals surface area contributed by atoms with Gasteiger partial charge in [0.1, 0.15) is 24.9 Å². The first kappa shape index (κ1) is 15.8. The third-order valence-corrected chi connectivity index (χ3v) is 4.02. The number of hydrogen-bond acceptors (Lipinski definition) is 4. The Morgan fingerprint density at radius 2 is 2.26 bits per heavy atom. The summed E-state index contributed by atoms with van der Waals surface area (Å²) in [7, 11) is 0. The van der Waals surface area contributed by atoms with E-state index >= 15 is 0 Å². The summed E-state index contributed by atoms with van der Waals surface area (Å²) in [6.07, 6.45) is 5.14. The first-order chi connectivity index (χ1) is 11.0. The molecule has 0 N–H and O–H groups in total. The predicted molar refractivity (Wildman–Crippen MR) is 84.1 cm³/mol. The lowest BCUT2D eigenvalue weighted by molar-refractivity contribution is 0.0133. The van der Waals surface area contributed by atoms with Crippen molar-refractivity contribution in [3.8, 4) is 23.8 Å². The van der Waals surface area contributed by atoms with Crippen LogP contribution in [0.15, 0.2) is 16.9 Å². The maximum atomic E-state index is 14.3. The average Bonchev–Trinajstić information content (AvgIpc) is 2.79. The van der Waals surface area contributed by atoms with Crippen molar-refractivity contribution >= 4 is 23.8 Å². The molecule has 0 spiro atoms. The maximum absolute atomic E-state index is 14.3. The van der Waals surface area contributed by atoms with Gasteiger partial charge in [-0.15, -0.1) is 6.42 Å². The molecule has 0 fully saturated rings. The molecule has 0 radical (unpaired) electrons. The van der Waals surface area contributed by atoms with Crippen LogP contribution in [0.1, 0.15) is 0 Å². The fourth-order valence-corrected chi connectivity index (χ4v) is 2.82. The van der Waals surface area contributed by atoms with Gasteiger partial charge >= 0.3 is 5.69 Å². The van der Waals surface area contributed by atoms with E-state index in [2.05, 4.69) is 5.92 Å². The highest BCUT2D eigenvalue weighted by Gasteiger charge is 2.21. The molecular formula is C14H11ClFN3O3S. The van der Waals surface area contributed by atoms with Crippen LogP contribution >= 0.6 is 23.8 Å². The second kappa shape index (κ2) is 6.20. The summed E-state index contributed by atoms with van der Waals surface area (Å²) in [5.41, 5.74) is -0.506. The number of hydrogen-bond donors (Lipinski definition) is 0. The highest BCUT2D eigenvalue weighted by molar-refractivity contribution is 7.71. The first-order valence-electron chi connectivity index (χ1n) is 6.60. The zero-order valence-corrected chi connectivity index (χ0v) is 13.4. The number of fused-ring (bicyclic) bond motifs is 1. The monoisotopic (exact) mass is 355 g/mol. The second-order valence-electron chi connectivity index (χ2n) is 4.69. The smallest absolute Gasteiger partial charge is 0.350 e. The van der Waals surface area contributed by atoms with Crippen LogP contribution in [0.3, 0.4) is 0 Å². The Hall–Kier alpha value is -2.08. The zero-order chi connectivity index (χ0) is 16.6. The minimum atomic E-state index is -0.694. The van der Waals surface area contributed by atoms with Gasteiger partial charge in [0, 0.05) is 6.07 Å². The van der Waals surface area contributed by atoms with E-state index < -0.39 is 11.5 Å². The zero-order valence-electron chi connectivity index (χ0n) is 11.8. The van der Waals surface area contributed by atoms with Crippen LogP contribution in [0, 0.1) is 22.9 Å². The number of nitrogens with zero attached hydrogens (tertiary/aromatic N) is 3. The van der Waals surface area contributed by atoms with E-state index in [0.717, 1.165) is 10.6 Å². The van der Waals surface area contributed by atoms with Crippen molar-refractivity contribution in [1.82, 2.24) is 13.9 Å². The second-order valence-corrected chi connectivity index (χ2v) is 5.46. The molecule has 3 rings (SSSR count). The van der Waals surface area contributed by atoms with Crippen LogP contribution in [0.25, 0.3) is 5.69 Å². The summed E-state index contributed by atoms with van der Waals surface area (Å²) in [4.78, 5) is 12.5. The molecule has 1 aromatic carbocycles. The number of rotatable bonds is 3. The highest BCUT2D eigenvalue weighted by atomic mass is 35.5. The van der Waals surface area contributed by atoms with Crippen LogP contribution in [0.5, 0.6) is 5.75 Å². The maximum Gasteiger partial charge on any atom is 0.350 e. The van der Waals surface area contributed by atoms with Crippen molar-refractivity contribution in [2.75, 3.05) is 13.2 Å². The normalized spacial score (nSPS) is 13.4. The summed E-state index contributed by atoms with van der Waals surface area (Å²) in [5.74, 6) is 1.77. The van der Waals surface area contributed by atoms with Crippen LogP contribution < -0.4 is 10.4 Å². The fraction of sp³-hybridized carbons (Fsp3) is 0.286. The lowest BCUT2D eigenvalue weighted by Gasteiger charge is -2.15. The van der Waals surface area contributed by atoms with Crippen molar-refractivity contribution in [2.45, 2.75) is 13.3 Å². The Bertz CT molecular complexity index is 888. The molecule has 0 unspecified atom stereocenters. The molecule has 0 saturated carbocycles. The standard InChI is InChI=1S/C14H11ClFN3O3S/c1-2-4-22-12-7-11(10(16)6-9(12)15)19-13(20)17-3-5-21-8-18(17)14(19)23/h1,6-7H,3-5,8H2. The number of ether oxygens (including phenoxy) is 2. The summed E-state index contributed by atoms with van der Waals surface area (Å²) in [6, 6.07) is 2.36. The van der Waals surface area contributed by atoms with E-state index in [0.29, 0.717) is 13.2 Å². The van der Waals surface area contributed by atoms with Crippen molar-refractivity contribution in [1.29, 1.82) is 0 Å². The van der Waals surface area contributed by atoms with Crippen LogP contribution in [-0.4, -0.2) is 27.1 Å². The number of terminal acetylenes is 1. The van der Waals surface area contributed by atoms with Crippen molar-refractivity contribution in [2.24, 2.45) is 0 Å². The summed E-state index contributed by atoms with van der Waals surface area (Å²) in [5, 5.41) is 0.0560. The van der Waals surface area contributed by atoms with Crippen molar-refractivity contribution in [3.05, 3.63) is 38.2 Å². The summed E-state index contributed by atoms with van der Waals surface area (Å²) in [6.45, 7) is 0.829. The Balaban J connectivity index is 2.20. The van der Waals surface area contributed by atoms with Gasteiger partial charge in [0.15, 0.2) is 0 Å². The molecule has 0 bridgehead atoms. The molecule has 0 atom stereocenters. The van der Waals surface area contributed by atoms with Crippen molar-refractivity contribution < 1.29 is 13.9 Å². The molecule has 1 aromatic heterocycles. The highest BCUT2D eigenvalue weighted by Crippen LogP contribution is 2.29. The summed E-state index contributed by atoms with van der Waals surface area (Å²) >= 11 is 11.2. The van der Waals surface area contributed by atoms with Gasteiger partial charge in [0.05, 0.1) is 23.9 Å². The van der Waals surface area contributed by atoms with Gasteiger partial charge in [-0.05, 0) is 18.3 Å². The molecule has 0 saturated heterocycles. The van der Waals surface area contributed by atoms with E-state index in [1.54, 1.807) is 0 Å². The SMILES string of the molecule is C#CCOc1cc(-n2c(=O)n3n(c2=S)COCC3)c(F)cc1Cl. The van der Waals surface area contributed by atoms with Gasteiger partial charge in [0.2, 0.25) is 4.77 Å². The Kier molecular flexibility index (Phi) is 4.26. The lowest BCUT2D eigenvalue weighted by Crippen LogP contribution is -2.32. The van der Waals surface area contributed by atoms with Gasteiger partial charge in [-0.2, -0.15) is 0 Å². The van der Waals surface area contributed by atoms with E-state index in [9.17, 15) is 9.18 Å². The van der Waals surface area contributed by atoms with Crippen LogP contribution in [-0.2, 0) is 18.0 Å². The quantitative estimate of drug-likeness (QED) is 0.624. The number of aromatic nitrogens is 3. The third kappa shape index (κ3) is 2.67. The minimum absolute atomic E-state index is 0.0325. The molecule has 0 amide bonds. The molecule has 9 heteroatoms. The van der Waals surface area contributed by atoms with E-state index in [1.165, 1.54) is 15.4 Å². The van der Waals surface area contributed by atoms with E-state index in [-0.39, 0.29) is 34.6 Å². The van der Waals surface area contributed by atoms with Crippen LogP contribution in [0.4, 0.5) is 4.39 Å². The predicted octanol–water partition coefficient (Wildman–Crippen LogP) is 1.96. The van der Waals surface area contributed by atoms with Crippen LogP contribution in [0.2, 0.25) is 5.02 Å².